The van der Waals surface area contributed by atoms with E-state index in [0.29, 0.717) is 6.04 Å². The van der Waals surface area contributed by atoms with E-state index >= 15 is 0 Å². The predicted molar refractivity (Wildman–Crippen MR) is 98.4 cm³/mol. The highest BCUT2D eigenvalue weighted by Gasteiger charge is 2.10. The van der Waals surface area contributed by atoms with Gasteiger partial charge in [0.2, 0.25) is 0 Å². The molecule has 0 aliphatic rings. The van der Waals surface area contributed by atoms with E-state index in [1.54, 1.807) is 0 Å². The number of nitrogens with zero attached hydrogens (tertiary/aromatic N) is 1. The van der Waals surface area contributed by atoms with Crippen LogP contribution in [0.25, 0.3) is 0 Å². The molecule has 2 aromatic rings. The summed E-state index contributed by atoms with van der Waals surface area (Å²) < 4.78 is 5.92. The molecule has 0 radical (unpaired) electrons. The number of rotatable bonds is 8. The zero-order chi connectivity index (χ0) is 16.7. The van der Waals surface area contributed by atoms with Gasteiger partial charge in [-0.3, -0.25) is 4.90 Å². The Labute approximate surface area is 145 Å². The van der Waals surface area contributed by atoms with Crippen molar-refractivity contribution in [3.8, 4) is 11.5 Å². The molecule has 0 heterocycles. The minimum absolute atomic E-state index is 0.544. The lowest BCUT2D eigenvalue weighted by Crippen LogP contribution is -2.31. The molecule has 2 rings (SSSR count). The third-order valence-corrected chi connectivity index (χ3v) is 4.11. The average molecular weight is 332 g/mol. The lowest BCUT2D eigenvalue weighted by Gasteiger charge is -2.26. The van der Waals surface area contributed by atoms with E-state index in [-0.39, 0.29) is 0 Å². The van der Waals surface area contributed by atoms with Crippen LogP contribution in [0.5, 0.6) is 11.5 Å². The molecule has 0 amide bonds. The standard InChI is InChI=1S/C20H26ClNO/c1-4-5-13-22(16(2)3)15-17-7-6-8-20(14-17)23-19-11-9-18(21)10-12-19/h6-12,14,16H,4-5,13,15H2,1-3H3. The molecule has 2 nitrogen and oxygen atoms in total. The Hall–Kier alpha value is -1.51. The van der Waals surface area contributed by atoms with E-state index < -0.39 is 0 Å². The highest BCUT2D eigenvalue weighted by molar-refractivity contribution is 6.30. The molecule has 0 atom stereocenters. The molecule has 2 aromatic carbocycles. The molecule has 0 aromatic heterocycles. The lowest BCUT2D eigenvalue weighted by atomic mass is 10.1. The molecule has 124 valence electrons. The maximum atomic E-state index is 5.92. The normalized spacial score (nSPS) is 11.2. The average Bonchev–Trinajstić information content (AvgIpc) is 2.54. The van der Waals surface area contributed by atoms with Crippen LogP contribution in [0.3, 0.4) is 0 Å². The van der Waals surface area contributed by atoms with Crippen LogP contribution in [0.1, 0.15) is 39.2 Å². The topological polar surface area (TPSA) is 12.5 Å². The second-order valence-corrected chi connectivity index (χ2v) is 6.56. The molecule has 0 unspecified atom stereocenters. The van der Waals surface area contributed by atoms with E-state index in [9.17, 15) is 0 Å². The van der Waals surface area contributed by atoms with Gasteiger partial charge in [-0.2, -0.15) is 0 Å². The van der Waals surface area contributed by atoms with Crippen molar-refractivity contribution >= 4 is 11.6 Å². The fourth-order valence-corrected chi connectivity index (χ4v) is 2.59. The van der Waals surface area contributed by atoms with Gasteiger partial charge in [0.15, 0.2) is 0 Å². The molecule has 0 bridgehead atoms. The fourth-order valence-electron chi connectivity index (χ4n) is 2.46. The second kappa shape index (κ2) is 8.95. The largest absolute Gasteiger partial charge is 0.457 e. The summed E-state index contributed by atoms with van der Waals surface area (Å²) in [6.07, 6.45) is 2.46. The van der Waals surface area contributed by atoms with Gasteiger partial charge < -0.3 is 4.74 Å². The van der Waals surface area contributed by atoms with E-state index in [1.807, 2.05) is 30.3 Å². The molecule has 0 saturated carbocycles. The monoisotopic (exact) mass is 331 g/mol. The Kier molecular flexibility index (Phi) is 6.94. The molecule has 0 aliphatic heterocycles. The zero-order valence-corrected chi connectivity index (χ0v) is 15.0. The second-order valence-electron chi connectivity index (χ2n) is 6.12. The molecule has 0 N–H and O–H groups in total. The van der Waals surface area contributed by atoms with Gasteiger partial charge in [0.1, 0.15) is 11.5 Å². The summed E-state index contributed by atoms with van der Waals surface area (Å²) in [4.78, 5) is 2.50. The summed E-state index contributed by atoms with van der Waals surface area (Å²) in [7, 11) is 0. The quantitative estimate of drug-likeness (QED) is 0.575. The van der Waals surface area contributed by atoms with Crippen LogP contribution < -0.4 is 4.74 Å². The first kappa shape index (κ1) is 17.8. The van der Waals surface area contributed by atoms with Crippen LogP contribution in [0.4, 0.5) is 0 Å². The smallest absolute Gasteiger partial charge is 0.127 e. The van der Waals surface area contributed by atoms with Crippen molar-refractivity contribution in [1.29, 1.82) is 0 Å². The van der Waals surface area contributed by atoms with Crippen LogP contribution in [-0.4, -0.2) is 17.5 Å². The number of ether oxygens (including phenoxy) is 1. The number of unbranched alkanes of at least 4 members (excludes halogenated alkanes) is 1. The van der Waals surface area contributed by atoms with E-state index in [2.05, 4.69) is 43.9 Å². The number of halogens is 1. The summed E-state index contributed by atoms with van der Waals surface area (Å²) in [5.41, 5.74) is 1.28. The predicted octanol–water partition coefficient (Wildman–Crippen LogP) is 6.14. The van der Waals surface area contributed by atoms with Crippen molar-refractivity contribution in [1.82, 2.24) is 4.90 Å². The van der Waals surface area contributed by atoms with Crippen LogP contribution in [0, 0.1) is 0 Å². The number of hydrogen-bond donors (Lipinski definition) is 0. The number of benzene rings is 2. The van der Waals surface area contributed by atoms with Gasteiger partial charge in [0.25, 0.3) is 0 Å². The van der Waals surface area contributed by atoms with E-state index in [4.69, 9.17) is 16.3 Å². The van der Waals surface area contributed by atoms with Gasteiger partial charge in [0.05, 0.1) is 0 Å². The summed E-state index contributed by atoms with van der Waals surface area (Å²) in [6.45, 7) is 8.83. The molecule has 0 aliphatic carbocycles. The molecule has 0 spiro atoms. The summed E-state index contributed by atoms with van der Waals surface area (Å²) in [6, 6.07) is 16.3. The van der Waals surface area contributed by atoms with Crippen molar-refractivity contribution in [3.63, 3.8) is 0 Å². The van der Waals surface area contributed by atoms with Crippen molar-refractivity contribution in [2.24, 2.45) is 0 Å². The van der Waals surface area contributed by atoms with Gasteiger partial charge in [-0.05, 0) is 68.8 Å². The molecular weight excluding hydrogens is 306 g/mol. The molecular formula is C20H26ClNO. The van der Waals surface area contributed by atoms with E-state index in [1.165, 1.54) is 18.4 Å². The zero-order valence-electron chi connectivity index (χ0n) is 14.3. The van der Waals surface area contributed by atoms with Crippen LogP contribution >= 0.6 is 11.6 Å². The van der Waals surface area contributed by atoms with Crippen molar-refractivity contribution < 1.29 is 4.74 Å². The first-order valence-electron chi connectivity index (χ1n) is 8.35. The SMILES string of the molecule is CCCCN(Cc1cccc(Oc2ccc(Cl)cc2)c1)C(C)C. The van der Waals surface area contributed by atoms with Crippen molar-refractivity contribution in [3.05, 3.63) is 59.1 Å². The third-order valence-electron chi connectivity index (χ3n) is 3.86. The third kappa shape index (κ3) is 5.89. The first-order chi connectivity index (χ1) is 11.1. The van der Waals surface area contributed by atoms with Crippen LogP contribution in [-0.2, 0) is 6.54 Å². The van der Waals surface area contributed by atoms with Gasteiger partial charge in [0, 0.05) is 17.6 Å². The molecule has 0 saturated heterocycles. The summed E-state index contributed by atoms with van der Waals surface area (Å²) in [5, 5.41) is 0.717. The maximum absolute atomic E-state index is 5.92. The fraction of sp³-hybridized carbons (Fsp3) is 0.400. The Balaban J connectivity index is 2.04. The minimum atomic E-state index is 0.544. The Morgan fingerprint density at radius 3 is 2.43 bits per heavy atom. The van der Waals surface area contributed by atoms with Gasteiger partial charge in [-0.25, -0.2) is 0 Å². The molecule has 3 heteroatoms. The van der Waals surface area contributed by atoms with Gasteiger partial charge >= 0.3 is 0 Å². The van der Waals surface area contributed by atoms with Crippen molar-refractivity contribution in [2.45, 2.75) is 46.2 Å². The molecule has 0 fully saturated rings. The highest BCUT2D eigenvalue weighted by atomic mass is 35.5. The molecule has 23 heavy (non-hydrogen) atoms. The summed E-state index contributed by atoms with van der Waals surface area (Å²) >= 11 is 5.91. The van der Waals surface area contributed by atoms with Gasteiger partial charge in [-0.1, -0.05) is 37.1 Å². The van der Waals surface area contributed by atoms with Crippen molar-refractivity contribution in [2.75, 3.05) is 6.54 Å². The summed E-state index contributed by atoms with van der Waals surface area (Å²) in [5.74, 6) is 1.67. The Morgan fingerprint density at radius 2 is 1.78 bits per heavy atom. The minimum Gasteiger partial charge on any atom is -0.457 e. The highest BCUT2D eigenvalue weighted by Crippen LogP contribution is 2.24. The van der Waals surface area contributed by atoms with Crippen LogP contribution in [0.2, 0.25) is 5.02 Å². The Bertz CT molecular complexity index is 595. The Morgan fingerprint density at radius 1 is 1.04 bits per heavy atom. The number of hydrogen-bond acceptors (Lipinski definition) is 2. The lowest BCUT2D eigenvalue weighted by molar-refractivity contribution is 0.209. The van der Waals surface area contributed by atoms with E-state index in [0.717, 1.165) is 29.6 Å². The maximum Gasteiger partial charge on any atom is 0.127 e. The first-order valence-corrected chi connectivity index (χ1v) is 8.72. The van der Waals surface area contributed by atoms with Gasteiger partial charge in [-0.15, -0.1) is 0 Å². The van der Waals surface area contributed by atoms with Crippen LogP contribution in [0.15, 0.2) is 48.5 Å².